The highest BCUT2D eigenvalue weighted by Crippen LogP contribution is 2.08. The van der Waals surface area contributed by atoms with Gasteiger partial charge in [0.25, 0.3) is 5.56 Å². The van der Waals surface area contributed by atoms with E-state index in [-0.39, 0.29) is 31.9 Å². The van der Waals surface area contributed by atoms with Gasteiger partial charge in [-0.3, -0.25) is 14.2 Å². The molecule has 0 saturated carbocycles. The highest BCUT2D eigenvalue weighted by molar-refractivity contribution is 5.86. The van der Waals surface area contributed by atoms with Crippen molar-refractivity contribution in [2.45, 2.75) is 0 Å². The summed E-state index contributed by atoms with van der Waals surface area (Å²) in [6.07, 6.45) is 3.02. The molecule has 2 aromatic rings. The number of hydrogen-bond donors (Lipinski definition) is 3. The average molecular weight is 276 g/mol. The Morgan fingerprint density at radius 1 is 1.35 bits per heavy atom. The topological polar surface area (TPSA) is 99.2 Å². The van der Waals surface area contributed by atoms with E-state index in [1.807, 2.05) is 0 Å². The monoisotopic (exact) mass is 276 g/mol. The quantitative estimate of drug-likeness (QED) is 0.618. The first-order chi connectivity index (χ1) is 9.77. The lowest BCUT2D eigenvalue weighted by molar-refractivity contribution is 0.307. The van der Waals surface area contributed by atoms with E-state index in [0.717, 1.165) is 0 Å². The van der Waals surface area contributed by atoms with Gasteiger partial charge in [0.15, 0.2) is 0 Å². The van der Waals surface area contributed by atoms with Crippen LogP contribution in [-0.2, 0) is 0 Å². The molecule has 2 heterocycles. The van der Waals surface area contributed by atoms with E-state index in [1.165, 1.54) is 10.6 Å². The number of aliphatic imine (C=N–C) groups is 1. The van der Waals surface area contributed by atoms with Gasteiger partial charge in [-0.25, -0.2) is 4.98 Å². The van der Waals surface area contributed by atoms with Crippen LogP contribution in [0.25, 0.3) is 5.65 Å². The zero-order valence-corrected chi connectivity index (χ0v) is 10.9. The van der Waals surface area contributed by atoms with Gasteiger partial charge in [-0.15, -0.1) is 0 Å². The average Bonchev–Trinajstić information content (AvgIpc) is 2.48. The van der Waals surface area contributed by atoms with Crippen LogP contribution in [0.3, 0.4) is 0 Å². The van der Waals surface area contributed by atoms with E-state index >= 15 is 0 Å². The van der Waals surface area contributed by atoms with Crippen molar-refractivity contribution in [3.05, 3.63) is 40.3 Å². The molecule has 0 bridgehead atoms. The van der Waals surface area contributed by atoms with Crippen LogP contribution in [0.15, 0.2) is 34.2 Å². The van der Waals surface area contributed by atoms with E-state index in [9.17, 15) is 4.79 Å². The maximum atomic E-state index is 12.4. The predicted molar refractivity (Wildman–Crippen MR) is 76.6 cm³/mol. The van der Waals surface area contributed by atoms with Gasteiger partial charge in [0.2, 0.25) is 0 Å². The van der Waals surface area contributed by atoms with E-state index in [4.69, 9.17) is 10.2 Å². The maximum Gasteiger partial charge on any atom is 0.268 e. The van der Waals surface area contributed by atoms with Crippen molar-refractivity contribution in [2.75, 3.05) is 31.6 Å². The third-order valence-corrected chi connectivity index (χ3v) is 2.62. The van der Waals surface area contributed by atoms with Crippen molar-refractivity contribution in [1.82, 2.24) is 9.38 Å². The number of fused-ring (bicyclic) bond motifs is 1. The summed E-state index contributed by atoms with van der Waals surface area (Å²) in [5, 5.41) is 20.5. The second kappa shape index (κ2) is 6.78. The first-order valence-electron chi connectivity index (χ1n) is 6.24. The molecule has 106 valence electrons. The normalized spacial score (nSPS) is 11.3. The van der Waals surface area contributed by atoms with Gasteiger partial charge in [0.1, 0.15) is 17.0 Å². The van der Waals surface area contributed by atoms with Crippen LogP contribution in [0.4, 0.5) is 5.82 Å². The van der Waals surface area contributed by atoms with Crippen molar-refractivity contribution in [3.63, 3.8) is 0 Å². The third kappa shape index (κ3) is 3.01. The van der Waals surface area contributed by atoms with Crippen molar-refractivity contribution < 1.29 is 10.2 Å². The zero-order valence-electron chi connectivity index (χ0n) is 10.9. The first-order valence-corrected chi connectivity index (χ1v) is 6.24. The number of hydrogen-bond acceptors (Lipinski definition) is 6. The molecule has 0 fully saturated rings. The van der Waals surface area contributed by atoms with E-state index in [1.54, 1.807) is 24.4 Å². The molecule has 0 saturated heterocycles. The van der Waals surface area contributed by atoms with Crippen molar-refractivity contribution >= 4 is 17.7 Å². The zero-order chi connectivity index (χ0) is 14.4. The summed E-state index contributed by atoms with van der Waals surface area (Å²) in [6, 6.07) is 5.25. The molecule has 0 amide bonds. The minimum atomic E-state index is -0.252. The van der Waals surface area contributed by atoms with Gasteiger partial charge in [-0.2, -0.15) is 0 Å². The first kappa shape index (κ1) is 14.2. The Kier molecular flexibility index (Phi) is 4.80. The minimum Gasteiger partial charge on any atom is -0.395 e. The lowest BCUT2D eigenvalue weighted by Crippen LogP contribution is -2.23. The predicted octanol–water partition coefficient (Wildman–Crippen LogP) is -0.490. The third-order valence-electron chi connectivity index (χ3n) is 2.62. The number of aliphatic hydroxyl groups excluding tert-OH is 2. The molecule has 0 unspecified atom stereocenters. The molecule has 7 nitrogen and oxygen atoms in total. The Balaban J connectivity index is 2.54. The number of aromatic nitrogens is 2. The summed E-state index contributed by atoms with van der Waals surface area (Å²) >= 11 is 0. The summed E-state index contributed by atoms with van der Waals surface area (Å²) in [4.78, 5) is 20.7. The molecular formula is C13H16N4O3. The number of pyridine rings is 1. The Hall–Kier alpha value is -2.25. The largest absolute Gasteiger partial charge is 0.395 e. The number of anilines is 1. The number of rotatable bonds is 6. The van der Waals surface area contributed by atoms with E-state index < -0.39 is 0 Å². The summed E-state index contributed by atoms with van der Waals surface area (Å²) in [7, 11) is 0. The Bertz CT molecular complexity index is 666. The summed E-state index contributed by atoms with van der Waals surface area (Å²) < 4.78 is 1.42. The molecule has 2 aromatic heterocycles. The van der Waals surface area contributed by atoms with Crippen LogP contribution in [0.2, 0.25) is 0 Å². The van der Waals surface area contributed by atoms with Gasteiger partial charge < -0.3 is 15.5 Å². The lowest BCUT2D eigenvalue weighted by Gasteiger charge is -2.09. The van der Waals surface area contributed by atoms with Gasteiger partial charge >= 0.3 is 0 Å². The van der Waals surface area contributed by atoms with Crippen LogP contribution >= 0.6 is 0 Å². The van der Waals surface area contributed by atoms with Gasteiger partial charge in [-0.1, -0.05) is 6.07 Å². The smallest absolute Gasteiger partial charge is 0.268 e. The molecule has 20 heavy (non-hydrogen) atoms. The highest BCUT2D eigenvalue weighted by Gasteiger charge is 2.10. The summed E-state index contributed by atoms with van der Waals surface area (Å²) in [5.74, 6) is 0.372. The van der Waals surface area contributed by atoms with E-state index in [0.29, 0.717) is 17.0 Å². The van der Waals surface area contributed by atoms with Crippen molar-refractivity contribution in [1.29, 1.82) is 0 Å². The SMILES string of the molecule is O=c1c(C=NCCO)c(NCCO)nc2ccccn12. The van der Waals surface area contributed by atoms with Crippen LogP contribution in [0, 0.1) is 0 Å². The molecule has 0 radical (unpaired) electrons. The van der Waals surface area contributed by atoms with E-state index in [2.05, 4.69) is 15.3 Å². The van der Waals surface area contributed by atoms with Crippen LogP contribution in [-0.4, -0.2) is 52.1 Å². The fourth-order valence-electron chi connectivity index (χ4n) is 1.74. The highest BCUT2D eigenvalue weighted by atomic mass is 16.3. The van der Waals surface area contributed by atoms with Crippen molar-refractivity contribution in [3.8, 4) is 0 Å². The number of nitrogens with one attached hydrogen (secondary N) is 1. The number of aliphatic hydroxyl groups is 2. The molecule has 3 N–H and O–H groups in total. The van der Waals surface area contributed by atoms with Gasteiger partial charge in [0.05, 0.1) is 19.8 Å². The maximum absolute atomic E-state index is 12.4. The fourth-order valence-corrected chi connectivity index (χ4v) is 1.74. The van der Waals surface area contributed by atoms with Crippen LogP contribution in [0.1, 0.15) is 5.56 Å². The Morgan fingerprint density at radius 2 is 2.20 bits per heavy atom. The second-order valence-electron chi connectivity index (χ2n) is 4.02. The van der Waals surface area contributed by atoms with Gasteiger partial charge in [0, 0.05) is 19.0 Å². The molecule has 0 aliphatic carbocycles. The second-order valence-corrected chi connectivity index (χ2v) is 4.02. The lowest BCUT2D eigenvalue weighted by atomic mass is 10.3. The molecule has 0 aliphatic heterocycles. The Morgan fingerprint density at radius 3 is 2.95 bits per heavy atom. The molecule has 0 aromatic carbocycles. The van der Waals surface area contributed by atoms with Crippen molar-refractivity contribution in [2.24, 2.45) is 4.99 Å². The van der Waals surface area contributed by atoms with Crippen LogP contribution < -0.4 is 10.9 Å². The minimum absolute atomic E-state index is 0.0664. The fraction of sp³-hybridized carbons (Fsp3) is 0.308. The molecule has 0 aliphatic rings. The summed E-state index contributed by atoms with van der Waals surface area (Å²) in [5.41, 5.74) is 0.561. The molecule has 7 heteroatoms. The molecule has 0 spiro atoms. The molecule has 2 rings (SSSR count). The molecular weight excluding hydrogens is 260 g/mol. The standard InChI is InChI=1S/C13H16N4O3/c18-7-4-14-9-10-12(15-5-8-19)16-11-3-1-2-6-17(11)13(10)20/h1-3,6,9,15,18-19H,4-5,7-8H2. The summed E-state index contributed by atoms with van der Waals surface area (Å²) in [6.45, 7) is 0.355. The van der Waals surface area contributed by atoms with Crippen LogP contribution in [0.5, 0.6) is 0 Å². The Labute approximate surface area is 115 Å². The molecule has 0 atom stereocenters. The number of nitrogens with zero attached hydrogens (tertiary/aromatic N) is 3. The van der Waals surface area contributed by atoms with Gasteiger partial charge in [-0.05, 0) is 12.1 Å².